The van der Waals surface area contributed by atoms with Gasteiger partial charge in [-0.1, -0.05) is 35.3 Å². The van der Waals surface area contributed by atoms with E-state index in [1.807, 2.05) is 28.0 Å². The molecule has 1 saturated carbocycles. The second-order valence-electron chi connectivity index (χ2n) is 8.42. The highest BCUT2D eigenvalue weighted by Crippen LogP contribution is 2.40. The lowest BCUT2D eigenvalue weighted by Gasteiger charge is -2.39. The van der Waals surface area contributed by atoms with Crippen molar-refractivity contribution in [2.24, 2.45) is 0 Å². The minimum Gasteiger partial charge on any atom is -0.365 e. The van der Waals surface area contributed by atoms with Gasteiger partial charge in [0, 0.05) is 48.7 Å². The summed E-state index contributed by atoms with van der Waals surface area (Å²) in [5.41, 5.74) is 2.86. The van der Waals surface area contributed by atoms with Crippen LogP contribution >= 0.6 is 23.2 Å². The smallest absolute Gasteiger partial charge is 0.244 e. The van der Waals surface area contributed by atoms with Gasteiger partial charge in [0.2, 0.25) is 5.91 Å². The Labute approximate surface area is 186 Å². The van der Waals surface area contributed by atoms with E-state index in [0.29, 0.717) is 29.2 Å². The number of amides is 1. The predicted molar refractivity (Wildman–Crippen MR) is 119 cm³/mol. The molecule has 0 aromatic heterocycles. The SMILES string of the molecule is O=C([C@@H]1C[C@@H](F)CN1Cc1cc(Cl)ccc1Cl)N1CCN(C2CC2)c2ccccc21. The number of carbonyl (C=O) groups excluding carboxylic acids is 1. The van der Waals surface area contributed by atoms with Crippen LogP contribution in [0.2, 0.25) is 10.0 Å². The molecule has 7 heteroatoms. The minimum atomic E-state index is -1.03. The maximum absolute atomic E-state index is 14.4. The topological polar surface area (TPSA) is 26.8 Å². The highest BCUT2D eigenvalue weighted by Gasteiger charge is 2.42. The molecule has 1 aliphatic carbocycles. The molecule has 0 N–H and O–H groups in total. The summed E-state index contributed by atoms with van der Waals surface area (Å²) in [5.74, 6) is -0.0313. The highest BCUT2D eigenvalue weighted by atomic mass is 35.5. The summed E-state index contributed by atoms with van der Waals surface area (Å²) >= 11 is 12.4. The number of alkyl halides is 1. The van der Waals surface area contributed by atoms with Gasteiger partial charge in [0.25, 0.3) is 0 Å². The van der Waals surface area contributed by atoms with Crippen molar-refractivity contribution < 1.29 is 9.18 Å². The molecule has 2 atom stereocenters. The van der Waals surface area contributed by atoms with Crippen LogP contribution in [0.5, 0.6) is 0 Å². The molecule has 158 valence electrons. The lowest BCUT2D eigenvalue weighted by molar-refractivity contribution is -0.123. The third-order valence-corrected chi connectivity index (χ3v) is 6.92. The quantitative estimate of drug-likeness (QED) is 0.665. The molecular weight excluding hydrogens is 424 g/mol. The van der Waals surface area contributed by atoms with E-state index in [9.17, 15) is 9.18 Å². The molecule has 0 unspecified atom stereocenters. The van der Waals surface area contributed by atoms with Crippen LogP contribution < -0.4 is 9.80 Å². The van der Waals surface area contributed by atoms with Crippen molar-refractivity contribution in [3.63, 3.8) is 0 Å². The molecule has 2 aromatic rings. The van der Waals surface area contributed by atoms with Crippen molar-refractivity contribution in [1.29, 1.82) is 0 Å². The highest BCUT2D eigenvalue weighted by molar-refractivity contribution is 6.33. The van der Waals surface area contributed by atoms with Crippen LogP contribution in [0.1, 0.15) is 24.8 Å². The number of rotatable bonds is 4. The molecule has 0 radical (unpaired) electrons. The predicted octanol–water partition coefficient (Wildman–Crippen LogP) is 4.92. The van der Waals surface area contributed by atoms with Crippen LogP contribution in [0.4, 0.5) is 15.8 Å². The molecule has 4 nitrogen and oxygen atoms in total. The molecule has 0 bridgehead atoms. The molecule has 0 spiro atoms. The number of hydrogen-bond donors (Lipinski definition) is 0. The monoisotopic (exact) mass is 447 g/mol. The average molecular weight is 448 g/mol. The van der Waals surface area contributed by atoms with Crippen molar-refractivity contribution in [2.45, 2.75) is 44.1 Å². The van der Waals surface area contributed by atoms with Gasteiger partial charge in [0.15, 0.2) is 0 Å². The Morgan fingerprint density at radius 2 is 1.83 bits per heavy atom. The van der Waals surface area contributed by atoms with Crippen molar-refractivity contribution >= 4 is 40.5 Å². The Morgan fingerprint density at radius 1 is 1.07 bits per heavy atom. The summed E-state index contributed by atoms with van der Waals surface area (Å²) in [6.45, 7) is 2.08. The number of fused-ring (bicyclic) bond motifs is 1. The molecule has 1 amide bonds. The first-order chi connectivity index (χ1) is 14.5. The summed E-state index contributed by atoms with van der Waals surface area (Å²) in [5, 5.41) is 1.16. The molecule has 30 heavy (non-hydrogen) atoms. The van der Waals surface area contributed by atoms with Crippen LogP contribution in [0.3, 0.4) is 0 Å². The van der Waals surface area contributed by atoms with E-state index < -0.39 is 12.2 Å². The number of nitrogens with zero attached hydrogens (tertiary/aromatic N) is 3. The van der Waals surface area contributed by atoms with E-state index in [0.717, 1.165) is 23.5 Å². The Hall–Kier alpha value is -1.82. The van der Waals surface area contributed by atoms with Gasteiger partial charge in [-0.2, -0.15) is 0 Å². The maximum Gasteiger partial charge on any atom is 0.244 e. The Morgan fingerprint density at radius 3 is 2.60 bits per heavy atom. The number of carbonyl (C=O) groups is 1. The number of hydrogen-bond acceptors (Lipinski definition) is 3. The van der Waals surface area contributed by atoms with Crippen LogP contribution in [-0.2, 0) is 11.3 Å². The maximum atomic E-state index is 14.4. The Bertz CT molecular complexity index is 967. The van der Waals surface area contributed by atoms with Crippen molar-refractivity contribution in [3.8, 4) is 0 Å². The number of anilines is 2. The minimum absolute atomic E-state index is 0.0313. The number of likely N-dealkylation sites (tertiary alicyclic amines) is 1. The fourth-order valence-corrected chi connectivity index (χ4v) is 5.09. The normalized spacial score (nSPS) is 24.2. The average Bonchev–Trinajstić information content (AvgIpc) is 3.52. The fourth-order valence-electron chi connectivity index (χ4n) is 4.72. The molecular formula is C23H24Cl2FN3O. The van der Waals surface area contributed by atoms with Crippen LogP contribution in [-0.4, -0.2) is 48.7 Å². The van der Waals surface area contributed by atoms with Crippen molar-refractivity contribution in [1.82, 2.24) is 4.90 Å². The largest absolute Gasteiger partial charge is 0.365 e. The molecule has 5 rings (SSSR count). The molecule has 2 aromatic carbocycles. The van der Waals surface area contributed by atoms with E-state index in [4.69, 9.17) is 23.2 Å². The summed E-state index contributed by atoms with van der Waals surface area (Å²) < 4.78 is 14.4. The zero-order chi connectivity index (χ0) is 20.8. The first-order valence-electron chi connectivity index (χ1n) is 10.5. The summed E-state index contributed by atoms with van der Waals surface area (Å²) in [6.07, 6.45) is 1.60. The Kier molecular flexibility index (Phi) is 5.38. The first kappa shape index (κ1) is 20.1. The second-order valence-corrected chi connectivity index (χ2v) is 9.26. The lowest BCUT2D eigenvalue weighted by atomic mass is 10.1. The molecule has 2 aliphatic heterocycles. The Balaban J connectivity index is 1.40. The van der Waals surface area contributed by atoms with E-state index in [-0.39, 0.29) is 18.9 Å². The number of para-hydroxylation sites is 2. The van der Waals surface area contributed by atoms with Gasteiger partial charge >= 0.3 is 0 Å². The van der Waals surface area contributed by atoms with Crippen LogP contribution in [0.15, 0.2) is 42.5 Å². The van der Waals surface area contributed by atoms with Gasteiger partial charge in [-0.3, -0.25) is 9.69 Å². The number of halogens is 3. The summed E-state index contributed by atoms with van der Waals surface area (Å²) in [4.78, 5) is 19.8. The van der Waals surface area contributed by atoms with E-state index >= 15 is 0 Å². The fraction of sp³-hybridized carbons (Fsp3) is 0.435. The second kappa shape index (κ2) is 8.03. The van der Waals surface area contributed by atoms with Gasteiger partial charge in [0.05, 0.1) is 17.4 Å². The van der Waals surface area contributed by atoms with Gasteiger partial charge < -0.3 is 9.80 Å². The first-order valence-corrected chi connectivity index (χ1v) is 11.3. The summed E-state index contributed by atoms with van der Waals surface area (Å²) in [7, 11) is 0. The van der Waals surface area contributed by atoms with Gasteiger partial charge in [-0.05, 0) is 48.7 Å². The molecule has 2 fully saturated rings. The van der Waals surface area contributed by atoms with Crippen LogP contribution in [0, 0.1) is 0 Å². The third-order valence-electron chi connectivity index (χ3n) is 6.32. The zero-order valence-corrected chi connectivity index (χ0v) is 18.1. The third kappa shape index (κ3) is 3.79. The van der Waals surface area contributed by atoms with Gasteiger partial charge in [-0.25, -0.2) is 4.39 Å². The van der Waals surface area contributed by atoms with E-state index in [1.165, 1.54) is 12.8 Å². The molecule has 3 aliphatic rings. The molecule has 2 heterocycles. The van der Waals surface area contributed by atoms with E-state index in [1.54, 1.807) is 18.2 Å². The van der Waals surface area contributed by atoms with Crippen LogP contribution in [0.25, 0.3) is 0 Å². The number of benzene rings is 2. The summed E-state index contributed by atoms with van der Waals surface area (Å²) in [6, 6.07) is 13.4. The standard InChI is InChI=1S/C23H24Cl2FN3O/c24-16-5-8-19(25)15(11-16)13-27-14-17(26)12-22(27)23(30)29-10-9-28(18-6-7-18)20-3-1-2-4-21(20)29/h1-5,8,11,17-18,22H,6-7,9-10,12-14H2/t17-,22+/m1/s1. The zero-order valence-electron chi connectivity index (χ0n) is 16.6. The van der Waals surface area contributed by atoms with Crippen molar-refractivity contribution in [3.05, 3.63) is 58.1 Å². The van der Waals surface area contributed by atoms with E-state index in [2.05, 4.69) is 11.0 Å². The van der Waals surface area contributed by atoms with Crippen molar-refractivity contribution in [2.75, 3.05) is 29.4 Å². The lowest BCUT2D eigenvalue weighted by Crippen LogP contribution is -2.51. The van der Waals surface area contributed by atoms with Gasteiger partial charge in [0.1, 0.15) is 6.17 Å². The molecule has 1 saturated heterocycles. The van der Waals surface area contributed by atoms with Gasteiger partial charge in [-0.15, -0.1) is 0 Å².